The van der Waals surface area contributed by atoms with E-state index in [4.69, 9.17) is 16.3 Å². The van der Waals surface area contributed by atoms with Gasteiger partial charge in [-0.3, -0.25) is 9.79 Å². The second kappa shape index (κ2) is 10.4. The van der Waals surface area contributed by atoms with Gasteiger partial charge in [-0.05, 0) is 45.2 Å². The van der Waals surface area contributed by atoms with Crippen LogP contribution in [0, 0.1) is 5.92 Å². The molecule has 1 aliphatic carbocycles. The molecule has 3 N–H and O–H groups in total. The molecule has 1 fully saturated rings. The molecule has 0 radical (unpaired) electrons. The number of aliphatic imine (C=N–C) groups is 1. The fourth-order valence-electron chi connectivity index (χ4n) is 3.39. The predicted molar refractivity (Wildman–Crippen MR) is 110 cm³/mol. The Hall–Kier alpha value is -1.95. The molecule has 2 rings (SSSR count). The molecule has 1 saturated carbocycles. The van der Waals surface area contributed by atoms with Crippen LogP contribution < -0.4 is 20.7 Å². The van der Waals surface area contributed by atoms with Gasteiger partial charge in [0.2, 0.25) is 5.91 Å². The van der Waals surface area contributed by atoms with E-state index in [-0.39, 0.29) is 23.9 Å². The Labute approximate surface area is 167 Å². The predicted octanol–water partition coefficient (Wildman–Crippen LogP) is 3.10. The molecule has 0 heterocycles. The topological polar surface area (TPSA) is 74.8 Å². The summed E-state index contributed by atoms with van der Waals surface area (Å²) in [6.45, 7) is 4.56. The van der Waals surface area contributed by atoms with Crippen molar-refractivity contribution in [3.8, 4) is 5.75 Å². The van der Waals surface area contributed by atoms with Crippen molar-refractivity contribution >= 4 is 23.5 Å². The lowest BCUT2D eigenvalue weighted by Crippen LogP contribution is -2.47. The number of benzene rings is 1. The van der Waals surface area contributed by atoms with Crippen molar-refractivity contribution in [2.45, 2.75) is 58.2 Å². The summed E-state index contributed by atoms with van der Waals surface area (Å²) < 4.78 is 5.38. The first kappa shape index (κ1) is 21.4. The van der Waals surface area contributed by atoms with Gasteiger partial charge in [0, 0.05) is 42.2 Å². The standard InChI is InChI=1S/C20H31ClN4O2/c1-13(2)24-19(26)14-6-5-7-17(10-14)25-20(22-3)23-12-15-8-9-16(21)11-18(15)27-4/h8-9,11,13-14,17H,5-7,10,12H2,1-4H3,(H,24,26)(H2,22,23,25). The van der Waals surface area contributed by atoms with Crippen LogP contribution in [0.3, 0.4) is 0 Å². The molecule has 0 bridgehead atoms. The fourth-order valence-corrected chi connectivity index (χ4v) is 3.55. The lowest BCUT2D eigenvalue weighted by molar-refractivity contribution is -0.126. The number of halogens is 1. The van der Waals surface area contributed by atoms with E-state index in [0.717, 1.165) is 43.0 Å². The summed E-state index contributed by atoms with van der Waals surface area (Å²) in [5, 5.41) is 10.4. The molecule has 1 aromatic rings. The normalized spacial score (nSPS) is 20.3. The maximum absolute atomic E-state index is 12.3. The molecule has 0 aliphatic heterocycles. The summed E-state index contributed by atoms with van der Waals surface area (Å²) in [5.74, 6) is 1.69. The van der Waals surface area contributed by atoms with E-state index in [0.29, 0.717) is 11.6 Å². The van der Waals surface area contributed by atoms with Crippen LogP contribution in [0.15, 0.2) is 23.2 Å². The minimum atomic E-state index is 0.0631. The molecule has 1 aromatic carbocycles. The second-order valence-corrected chi connectivity index (χ2v) is 7.69. The van der Waals surface area contributed by atoms with Gasteiger partial charge in [0.1, 0.15) is 5.75 Å². The van der Waals surface area contributed by atoms with Gasteiger partial charge in [-0.1, -0.05) is 24.1 Å². The fraction of sp³-hybridized carbons (Fsp3) is 0.600. The van der Waals surface area contributed by atoms with Crippen LogP contribution in [0.1, 0.15) is 45.1 Å². The summed E-state index contributed by atoms with van der Waals surface area (Å²) in [6.07, 6.45) is 3.85. The van der Waals surface area contributed by atoms with Gasteiger partial charge in [-0.2, -0.15) is 0 Å². The average molecular weight is 395 g/mol. The molecule has 1 aliphatic rings. The summed E-state index contributed by atoms with van der Waals surface area (Å²) in [4.78, 5) is 16.6. The highest BCUT2D eigenvalue weighted by Crippen LogP contribution is 2.25. The number of nitrogens with one attached hydrogen (secondary N) is 3. The second-order valence-electron chi connectivity index (χ2n) is 7.25. The van der Waals surface area contributed by atoms with E-state index < -0.39 is 0 Å². The molecule has 0 spiro atoms. The highest BCUT2D eigenvalue weighted by Gasteiger charge is 2.28. The van der Waals surface area contributed by atoms with Gasteiger partial charge in [0.15, 0.2) is 5.96 Å². The van der Waals surface area contributed by atoms with Crippen molar-refractivity contribution in [3.63, 3.8) is 0 Å². The van der Waals surface area contributed by atoms with E-state index in [1.807, 2.05) is 26.0 Å². The van der Waals surface area contributed by atoms with E-state index >= 15 is 0 Å². The van der Waals surface area contributed by atoms with Gasteiger partial charge in [0.05, 0.1) is 7.11 Å². The van der Waals surface area contributed by atoms with E-state index in [1.165, 1.54) is 0 Å². The smallest absolute Gasteiger partial charge is 0.223 e. The molecule has 2 unspecified atom stereocenters. The lowest BCUT2D eigenvalue weighted by atomic mass is 9.85. The molecule has 6 nitrogen and oxygen atoms in total. The Kier molecular flexibility index (Phi) is 8.23. The Morgan fingerprint density at radius 3 is 2.81 bits per heavy atom. The molecule has 1 amide bonds. The van der Waals surface area contributed by atoms with Crippen molar-refractivity contribution in [2.24, 2.45) is 10.9 Å². The van der Waals surface area contributed by atoms with E-state index in [1.54, 1.807) is 20.2 Å². The third kappa shape index (κ3) is 6.61. The number of amides is 1. The molecule has 150 valence electrons. The SMILES string of the molecule is CN=C(NCc1ccc(Cl)cc1OC)NC1CCCC(C(=O)NC(C)C)C1. The number of nitrogens with zero attached hydrogens (tertiary/aromatic N) is 1. The first-order chi connectivity index (χ1) is 12.9. The largest absolute Gasteiger partial charge is 0.496 e. The molecular weight excluding hydrogens is 364 g/mol. The van der Waals surface area contributed by atoms with Crippen LogP contribution >= 0.6 is 11.6 Å². The minimum absolute atomic E-state index is 0.0631. The molecular formula is C20H31ClN4O2. The number of methoxy groups -OCH3 is 1. The molecule has 7 heteroatoms. The van der Waals surface area contributed by atoms with Gasteiger partial charge < -0.3 is 20.7 Å². The molecule has 27 heavy (non-hydrogen) atoms. The number of carbonyl (C=O) groups excluding carboxylic acids is 1. The molecule has 2 atom stereocenters. The summed E-state index contributed by atoms with van der Waals surface area (Å²) >= 11 is 6.02. The number of carbonyl (C=O) groups is 1. The van der Waals surface area contributed by atoms with Gasteiger partial charge in [-0.25, -0.2) is 0 Å². The Bertz CT molecular complexity index is 663. The van der Waals surface area contributed by atoms with Crippen LogP contribution in [0.5, 0.6) is 5.75 Å². The van der Waals surface area contributed by atoms with Gasteiger partial charge in [-0.15, -0.1) is 0 Å². The Balaban J connectivity index is 1.90. The van der Waals surface area contributed by atoms with Crippen LogP contribution in [0.25, 0.3) is 0 Å². The lowest BCUT2D eigenvalue weighted by Gasteiger charge is -2.30. The number of guanidine groups is 1. The van der Waals surface area contributed by atoms with Crippen LogP contribution in [0.4, 0.5) is 0 Å². The zero-order valence-corrected chi connectivity index (χ0v) is 17.4. The first-order valence-corrected chi connectivity index (χ1v) is 9.90. The highest BCUT2D eigenvalue weighted by atomic mass is 35.5. The van der Waals surface area contributed by atoms with Crippen molar-refractivity contribution < 1.29 is 9.53 Å². The monoisotopic (exact) mass is 394 g/mol. The van der Waals surface area contributed by atoms with Crippen LogP contribution in [-0.4, -0.2) is 38.1 Å². The maximum Gasteiger partial charge on any atom is 0.223 e. The third-order valence-electron chi connectivity index (χ3n) is 4.74. The third-order valence-corrected chi connectivity index (χ3v) is 4.97. The summed E-state index contributed by atoms with van der Waals surface area (Å²) in [7, 11) is 3.38. The number of hydrogen-bond acceptors (Lipinski definition) is 3. The zero-order chi connectivity index (χ0) is 19.8. The molecule has 0 saturated heterocycles. The highest BCUT2D eigenvalue weighted by molar-refractivity contribution is 6.30. The maximum atomic E-state index is 12.3. The number of hydrogen-bond donors (Lipinski definition) is 3. The first-order valence-electron chi connectivity index (χ1n) is 9.53. The van der Waals surface area contributed by atoms with Crippen LogP contribution in [-0.2, 0) is 11.3 Å². The number of ether oxygens (including phenoxy) is 1. The van der Waals surface area contributed by atoms with Crippen LogP contribution in [0.2, 0.25) is 5.02 Å². The Morgan fingerprint density at radius 1 is 1.37 bits per heavy atom. The minimum Gasteiger partial charge on any atom is -0.496 e. The van der Waals surface area contributed by atoms with Crippen molar-refractivity contribution in [2.75, 3.05) is 14.2 Å². The van der Waals surface area contributed by atoms with E-state index in [9.17, 15) is 4.79 Å². The van der Waals surface area contributed by atoms with Gasteiger partial charge >= 0.3 is 0 Å². The molecule has 0 aromatic heterocycles. The average Bonchev–Trinajstić information content (AvgIpc) is 2.65. The van der Waals surface area contributed by atoms with Crippen molar-refractivity contribution in [1.29, 1.82) is 0 Å². The van der Waals surface area contributed by atoms with E-state index in [2.05, 4.69) is 20.9 Å². The van der Waals surface area contributed by atoms with Gasteiger partial charge in [0.25, 0.3) is 0 Å². The summed E-state index contributed by atoms with van der Waals surface area (Å²) in [6, 6.07) is 5.99. The quantitative estimate of drug-likeness (QED) is 0.512. The van der Waals surface area contributed by atoms with Crippen molar-refractivity contribution in [1.82, 2.24) is 16.0 Å². The Morgan fingerprint density at radius 2 is 2.15 bits per heavy atom. The summed E-state index contributed by atoms with van der Waals surface area (Å²) in [5.41, 5.74) is 1.00. The van der Waals surface area contributed by atoms with Crippen molar-refractivity contribution in [3.05, 3.63) is 28.8 Å². The number of rotatable bonds is 6. The zero-order valence-electron chi connectivity index (χ0n) is 16.6.